The van der Waals surface area contributed by atoms with Gasteiger partial charge in [0.05, 0.1) is 18.8 Å². The van der Waals surface area contributed by atoms with Crippen molar-refractivity contribution in [2.24, 2.45) is 11.8 Å². The van der Waals surface area contributed by atoms with Crippen LogP contribution in [0.2, 0.25) is 0 Å². The fourth-order valence-corrected chi connectivity index (χ4v) is 3.63. The summed E-state index contributed by atoms with van der Waals surface area (Å²) in [7, 11) is 0. The van der Waals surface area contributed by atoms with E-state index in [-0.39, 0.29) is 94.6 Å². The van der Waals surface area contributed by atoms with Gasteiger partial charge in [0.25, 0.3) is 0 Å². The summed E-state index contributed by atoms with van der Waals surface area (Å²) in [4.78, 5) is 27.2. The van der Waals surface area contributed by atoms with Gasteiger partial charge in [0.2, 0.25) is 11.8 Å². The number of benzene rings is 1. The van der Waals surface area contributed by atoms with Crippen LogP contribution in [0.4, 0.5) is 0 Å². The van der Waals surface area contributed by atoms with Crippen LogP contribution >= 0.6 is 0 Å². The molecule has 1 aliphatic heterocycles. The van der Waals surface area contributed by atoms with Crippen molar-refractivity contribution >= 4 is 11.8 Å². The zero-order chi connectivity index (χ0) is 25.8. The average Bonchev–Trinajstić information content (AvgIpc) is 3.54. The van der Waals surface area contributed by atoms with Crippen LogP contribution in [0.3, 0.4) is 0 Å². The molecule has 0 spiro atoms. The molecule has 0 aliphatic carbocycles. The van der Waals surface area contributed by atoms with Crippen LogP contribution in [0.5, 0.6) is 0 Å². The van der Waals surface area contributed by atoms with Crippen LogP contribution in [-0.2, 0) is 9.59 Å². The first kappa shape index (κ1) is 33.9. The number of aliphatic hydroxyl groups is 2. The van der Waals surface area contributed by atoms with Gasteiger partial charge < -0.3 is 30.6 Å². The van der Waals surface area contributed by atoms with E-state index >= 15 is 0 Å². The van der Waals surface area contributed by atoms with Crippen molar-refractivity contribution in [3.8, 4) is 11.3 Å². The smallest absolute Gasteiger partial charge is 0.575 e. The standard InChI is InChI=1S/C22H30N4O4.2C2H6.K/c1-13(2)14(3)22(30)26-11-17(28)10-20(26)21(29)24-19(12-27)16-6-4-15(5-7-16)18-8-9-23-25-18;2*1-2;/h4-9,13-14,17,19-20,27-28H,10-12H2,1-3H3,(H2,23,24,25,29);2*1-2H3;/q;;;+1/p-1. The summed E-state index contributed by atoms with van der Waals surface area (Å²) >= 11 is 0. The largest absolute Gasteiger partial charge is 1.00 e. The molecule has 35 heavy (non-hydrogen) atoms. The second-order valence-electron chi connectivity index (χ2n) is 8.21. The van der Waals surface area contributed by atoms with Gasteiger partial charge in [-0.25, -0.2) is 0 Å². The maximum absolute atomic E-state index is 12.9. The van der Waals surface area contributed by atoms with Gasteiger partial charge in [-0.15, -0.1) is 5.69 Å². The topological polar surface area (TPSA) is 117 Å². The molecule has 0 saturated carbocycles. The first-order chi connectivity index (χ1) is 16.3. The number of β-amino-alcohol motifs (C(OH)–C–C–N with tert-alkyl or cyclic N) is 1. The Bertz CT molecular complexity index is 859. The van der Waals surface area contributed by atoms with Gasteiger partial charge >= 0.3 is 51.4 Å². The summed E-state index contributed by atoms with van der Waals surface area (Å²) in [6.07, 6.45) is 1.07. The minimum Gasteiger partial charge on any atom is -0.575 e. The van der Waals surface area contributed by atoms with Crippen molar-refractivity contribution in [1.29, 1.82) is 0 Å². The minimum absolute atomic E-state index is 0. The molecule has 4 unspecified atom stereocenters. The number of hydrogen-bond donors (Lipinski definition) is 3. The third-order valence-corrected chi connectivity index (χ3v) is 5.83. The van der Waals surface area contributed by atoms with E-state index in [2.05, 4.69) is 15.5 Å². The molecule has 0 bridgehead atoms. The zero-order valence-electron chi connectivity index (χ0n) is 22.5. The molecule has 1 aromatic carbocycles. The van der Waals surface area contributed by atoms with Crippen molar-refractivity contribution in [3.05, 3.63) is 42.1 Å². The predicted octanol–water partition coefficient (Wildman–Crippen LogP) is 0.166. The maximum atomic E-state index is 12.9. The van der Waals surface area contributed by atoms with Crippen LogP contribution in [0.25, 0.3) is 11.3 Å². The first-order valence-corrected chi connectivity index (χ1v) is 12.3. The fourth-order valence-electron chi connectivity index (χ4n) is 3.63. The number of nitrogens with one attached hydrogen (secondary N) is 1. The molecule has 1 saturated heterocycles. The van der Waals surface area contributed by atoms with Crippen LogP contribution < -0.4 is 61.8 Å². The van der Waals surface area contributed by atoms with E-state index in [1.807, 2.05) is 72.7 Å². The fraction of sp³-hybridized carbons (Fsp3) is 0.577. The summed E-state index contributed by atoms with van der Waals surface area (Å²) in [6, 6.07) is 7.78. The Morgan fingerprint density at radius 3 is 2.20 bits per heavy atom. The molecular weight excluding hydrogens is 471 g/mol. The SMILES string of the molecule is CC.CC.CC(C)C(C)C(=O)N1CC(O)CC1C(=O)NC(CO)c1ccc(-c2ccn[n-]2)cc1.[K+]. The number of nitrogens with zero attached hydrogens (tertiary/aromatic N) is 3. The van der Waals surface area contributed by atoms with Crippen molar-refractivity contribution in [3.63, 3.8) is 0 Å². The molecule has 1 aliphatic rings. The zero-order valence-corrected chi connectivity index (χ0v) is 25.6. The van der Waals surface area contributed by atoms with E-state index in [0.717, 1.165) is 16.8 Å². The quantitative estimate of drug-likeness (QED) is 0.455. The predicted molar refractivity (Wildman–Crippen MR) is 134 cm³/mol. The van der Waals surface area contributed by atoms with Crippen LogP contribution in [-0.4, -0.2) is 57.3 Å². The molecule has 1 aromatic heterocycles. The summed E-state index contributed by atoms with van der Waals surface area (Å²) in [6.45, 7) is 13.6. The molecule has 2 heterocycles. The van der Waals surface area contributed by atoms with Gasteiger partial charge in [-0.1, -0.05) is 78.8 Å². The number of likely N-dealkylation sites (tertiary alicyclic amines) is 1. The number of aliphatic hydroxyl groups excluding tert-OH is 2. The summed E-state index contributed by atoms with van der Waals surface area (Å²) < 4.78 is 0. The van der Waals surface area contributed by atoms with Crippen molar-refractivity contribution in [2.75, 3.05) is 13.2 Å². The molecule has 2 amide bonds. The number of amides is 2. The molecule has 190 valence electrons. The number of carbonyl (C=O) groups is 2. The summed E-state index contributed by atoms with van der Waals surface area (Å²) in [5.74, 6) is -0.621. The van der Waals surface area contributed by atoms with E-state index in [1.165, 1.54) is 4.90 Å². The normalized spacial score (nSPS) is 18.3. The summed E-state index contributed by atoms with van der Waals surface area (Å²) in [5.41, 5.74) is 2.37. The third kappa shape index (κ3) is 9.39. The Hall–Kier alpha value is -1.07. The first-order valence-electron chi connectivity index (χ1n) is 12.3. The van der Waals surface area contributed by atoms with Crippen molar-refractivity contribution in [1.82, 2.24) is 20.4 Å². The summed E-state index contributed by atoms with van der Waals surface area (Å²) in [5, 5.41) is 30.6. The third-order valence-electron chi connectivity index (χ3n) is 5.83. The Morgan fingerprint density at radius 2 is 1.71 bits per heavy atom. The molecule has 3 N–H and O–H groups in total. The molecule has 2 aromatic rings. The van der Waals surface area contributed by atoms with E-state index in [4.69, 9.17) is 0 Å². The molecule has 9 heteroatoms. The second kappa shape index (κ2) is 17.4. The average molecular weight is 513 g/mol. The van der Waals surface area contributed by atoms with Crippen molar-refractivity contribution < 1.29 is 71.2 Å². The van der Waals surface area contributed by atoms with E-state index < -0.39 is 18.2 Å². The van der Waals surface area contributed by atoms with E-state index in [0.29, 0.717) is 0 Å². The van der Waals surface area contributed by atoms with Gasteiger partial charge in [0.15, 0.2) is 0 Å². The molecule has 1 fully saturated rings. The Labute approximate surface area is 252 Å². The van der Waals surface area contributed by atoms with Gasteiger partial charge in [-0.3, -0.25) is 9.59 Å². The number of hydrogen-bond acceptors (Lipinski definition) is 5. The van der Waals surface area contributed by atoms with E-state index in [1.54, 1.807) is 12.3 Å². The monoisotopic (exact) mass is 512 g/mol. The van der Waals surface area contributed by atoms with Crippen molar-refractivity contribution in [2.45, 2.75) is 73.1 Å². The van der Waals surface area contributed by atoms with Gasteiger partial charge in [-0.2, -0.15) is 0 Å². The second-order valence-corrected chi connectivity index (χ2v) is 8.21. The minimum atomic E-state index is -0.749. The van der Waals surface area contributed by atoms with Crippen LogP contribution in [0, 0.1) is 11.8 Å². The Balaban J connectivity index is 0.00000220. The Morgan fingerprint density at radius 1 is 1.11 bits per heavy atom. The number of rotatable bonds is 7. The number of aromatic nitrogens is 2. The molecule has 4 atom stereocenters. The van der Waals surface area contributed by atoms with E-state index in [9.17, 15) is 19.8 Å². The van der Waals surface area contributed by atoms with Gasteiger partial charge in [0.1, 0.15) is 6.04 Å². The molecular formula is C26H41KN4O4. The maximum Gasteiger partial charge on any atom is 1.00 e. The molecule has 3 rings (SSSR count). The van der Waals surface area contributed by atoms with Crippen LogP contribution in [0.1, 0.15) is 66.5 Å². The Kier molecular flexibility index (Phi) is 16.9. The van der Waals surface area contributed by atoms with Gasteiger partial charge in [0, 0.05) is 25.1 Å². The molecule has 8 nitrogen and oxygen atoms in total. The molecule has 0 radical (unpaired) electrons. The van der Waals surface area contributed by atoms with Crippen LogP contribution in [0.15, 0.2) is 36.5 Å². The van der Waals surface area contributed by atoms with Gasteiger partial charge in [-0.05, 0) is 17.0 Å². The number of carbonyl (C=O) groups excluding carboxylic acids is 2.